The Bertz CT molecular complexity index is 533. The minimum absolute atomic E-state index is 0.531. The molecule has 2 aliphatic rings. The highest BCUT2D eigenvalue weighted by molar-refractivity contribution is 6.30. The second kappa shape index (κ2) is 6.01. The van der Waals surface area contributed by atoms with E-state index in [1.54, 1.807) is 0 Å². The van der Waals surface area contributed by atoms with Gasteiger partial charge in [0.05, 0.1) is 19.2 Å². The molecule has 0 aromatic heterocycles. The van der Waals surface area contributed by atoms with E-state index in [1.807, 2.05) is 12.1 Å². The van der Waals surface area contributed by atoms with Crippen LogP contribution in [0.25, 0.3) is 0 Å². The Labute approximate surface area is 124 Å². The van der Waals surface area contributed by atoms with E-state index in [0.717, 1.165) is 56.5 Å². The zero-order chi connectivity index (χ0) is 13.9. The van der Waals surface area contributed by atoms with Crippen molar-refractivity contribution in [3.8, 4) is 11.8 Å². The van der Waals surface area contributed by atoms with Crippen LogP contribution in [0.5, 0.6) is 5.75 Å². The van der Waals surface area contributed by atoms with Gasteiger partial charge in [0.1, 0.15) is 5.75 Å². The number of ether oxygens (including phenoxy) is 1. The minimum Gasteiger partial charge on any atom is -0.493 e. The van der Waals surface area contributed by atoms with E-state index >= 15 is 0 Å². The van der Waals surface area contributed by atoms with Gasteiger partial charge in [0.15, 0.2) is 0 Å². The summed E-state index contributed by atoms with van der Waals surface area (Å²) in [5.41, 5.74) is 2.43. The van der Waals surface area contributed by atoms with E-state index in [2.05, 4.69) is 15.9 Å². The van der Waals surface area contributed by atoms with Crippen molar-refractivity contribution in [3.63, 3.8) is 0 Å². The zero-order valence-corrected chi connectivity index (χ0v) is 12.2. The van der Waals surface area contributed by atoms with E-state index < -0.39 is 0 Å². The maximum atomic E-state index is 8.72. The van der Waals surface area contributed by atoms with Crippen LogP contribution in [0.1, 0.15) is 11.1 Å². The number of rotatable bonds is 3. The van der Waals surface area contributed by atoms with Crippen molar-refractivity contribution < 1.29 is 4.74 Å². The van der Waals surface area contributed by atoms with Gasteiger partial charge in [-0.2, -0.15) is 5.26 Å². The lowest BCUT2D eigenvalue weighted by Crippen LogP contribution is -2.45. The Hall–Kier alpha value is -1.28. The Morgan fingerprint density at radius 1 is 1.20 bits per heavy atom. The van der Waals surface area contributed by atoms with Gasteiger partial charge in [-0.25, -0.2) is 0 Å². The van der Waals surface area contributed by atoms with E-state index in [0.29, 0.717) is 6.54 Å². The molecule has 0 aliphatic carbocycles. The molecule has 0 bridgehead atoms. The first-order chi connectivity index (χ1) is 9.76. The van der Waals surface area contributed by atoms with Crippen LogP contribution in [0.3, 0.4) is 0 Å². The molecule has 5 heteroatoms. The van der Waals surface area contributed by atoms with Crippen molar-refractivity contribution in [2.24, 2.45) is 0 Å². The molecular formula is C15H18ClN3O. The Balaban J connectivity index is 1.66. The fraction of sp³-hybridized carbons (Fsp3) is 0.533. The monoisotopic (exact) mass is 291 g/mol. The lowest BCUT2D eigenvalue weighted by Gasteiger charge is -2.33. The molecule has 0 unspecified atom stereocenters. The molecule has 2 heterocycles. The fourth-order valence-corrected chi connectivity index (χ4v) is 3.17. The molecule has 0 atom stereocenters. The molecule has 2 aliphatic heterocycles. The number of nitriles is 1. The van der Waals surface area contributed by atoms with Gasteiger partial charge in [0.25, 0.3) is 0 Å². The molecule has 4 nitrogen and oxygen atoms in total. The average Bonchev–Trinajstić information content (AvgIpc) is 2.89. The summed E-state index contributed by atoms with van der Waals surface area (Å²) in [6.45, 7) is 6.06. The summed E-state index contributed by atoms with van der Waals surface area (Å²) in [4.78, 5) is 4.59. The number of fused-ring (bicyclic) bond motifs is 1. The topological polar surface area (TPSA) is 39.5 Å². The summed E-state index contributed by atoms with van der Waals surface area (Å²) in [5.74, 6) is 1.04. The van der Waals surface area contributed by atoms with E-state index in [1.165, 1.54) is 11.1 Å². The summed E-state index contributed by atoms with van der Waals surface area (Å²) < 4.78 is 5.75. The standard InChI is InChI=1S/C15H18ClN3O/c16-14-9-12-1-8-20-15(12)13(10-14)11-19-6-4-18(3-2-17)5-7-19/h9-10H,1,3-8,11H2. The molecule has 0 amide bonds. The summed E-state index contributed by atoms with van der Waals surface area (Å²) >= 11 is 6.19. The fourth-order valence-electron chi connectivity index (χ4n) is 2.91. The molecule has 0 radical (unpaired) electrons. The second-order valence-electron chi connectivity index (χ2n) is 5.36. The third-order valence-corrected chi connectivity index (χ3v) is 4.20. The summed E-state index contributed by atoms with van der Waals surface area (Å²) in [6, 6.07) is 6.25. The highest BCUT2D eigenvalue weighted by Gasteiger charge is 2.21. The van der Waals surface area contributed by atoms with Gasteiger partial charge in [-0.15, -0.1) is 0 Å². The van der Waals surface area contributed by atoms with Crippen molar-refractivity contribution in [2.75, 3.05) is 39.3 Å². The molecule has 1 aromatic carbocycles. The second-order valence-corrected chi connectivity index (χ2v) is 5.80. The van der Waals surface area contributed by atoms with Crippen LogP contribution < -0.4 is 4.74 Å². The molecule has 0 spiro atoms. The lowest BCUT2D eigenvalue weighted by atomic mass is 10.1. The number of benzene rings is 1. The number of hydrogen-bond acceptors (Lipinski definition) is 4. The van der Waals surface area contributed by atoms with E-state index in [-0.39, 0.29) is 0 Å². The number of piperazine rings is 1. The van der Waals surface area contributed by atoms with Crippen LogP contribution >= 0.6 is 11.6 Å². The van der Waals surface area contributed by atoms with E-state index in [9.17, 15) is 0 Å². The highest BCUT2D eigenvalue weighted by Crippen LogP contribution is 2.33. The van der Waals surface area contributed by atoms with Crippen molar-refractivity contribution >= 4 is 11.6 Å². The van der Waals surface area contributed by atoms with Gasteiger partial charge in [-0.05, 0) is 17.7 Å². The quantitative estimate of drug-likeness (QED) is 0.798. The summed E-state index contributed by atoms with van der Waals surface area (Å²) in [7, 11) is 0. The highest BCUT2D eigenvalue weighted by atomic mass is 35.5. The maximum Gasteiger partial charge on any atom is 0.127 e. The molecule has 1 fully saturated rings. The molecule has 20 heavy (non-hydrogen) atoms. The first kappa shape index (κ1) is 13.7. The third-order valence-electron chi connectivity index (χ3n) is 3.98. The van der Waals surface area contributed by atoms with Gasteiger partial charge >= 0.3 is 0 Å². The smallest absolute Gasteiger partial charge is 0.127 e. The van der Waals surface area contributed by atoms with Gasteiger partial charge < -0.3 is 4.74 Å². The summed E-state index contributed by atoms with van der Waals surface area (Å²) in [5, 5.41) is 9.52. The first-order valence-corrected chi connectivity index (χ1v) is 7.40. The largest absolute Gasteiger partial charge is 0.493 e. The van der Waals surface area contributed by atoms with Crippen LogP contribution in [0, 0.1) is 11.3 Å². The van der Waals surface area contributed by atoms with Crippen LogP contribution in [0.15, 0.2) is 12.1 Å². The zero-order valence-electron chi connectivity index (χ0n) is 11.4. The third kappa shape index (κ3) is 2.90. The Morgan fingerprint density at radius 3 is 2.70 bits per heavy atom. The van der Waals surface area contributed by atoms with Crippen LogP contribution in [-0.2, 0) is 13.0 Å². The van der Waals surface area contributed by atoms with Crippen LogP contribution in [-0.4, -0.2) is 49.1 Å². The Kier molecular flexibility index (Phi) is 4.11. The van der Waals surface area contributed by atoms with Crippen molar-refractivity contribution in [2.45, 2.75) is 13.0 Å². The van der Waals surface area contributed by atoms with Gasteiger partial charge in [0.2, 0.25) is 0 Å². The molecule has 106 valence electrons. The van der Waals surface area contributed by atoms with Crippen molar-refractivity contribution in [3.05, 3.63) is 28.3 Å². The SMILES string of the molecule is N#CCN1CCN(Cc2cc(Cl)cc3c2OCC3)CC1. The minimum atomic E-state index is 0.531. The van der Waals surface area contributed by atoms with Crippen molar-refractivity contribution in [1.29, 1.82) is 5.26 Å². The average molecular weight is 292 g/mol. The predicted molar refractivity (Wildman–Crippen MR) is 78.0 cm³/mol. The van der Waals surface area contributed by atoms with Crippen LogP contribution in [0.4, 0.5) is 0 Å². The summed E-state index contributed by atoms with van der Waals surface area (Å²) in [6.07, 6.45) is 0.957. The predicted octanol–water partition coefficient (Wildman–Crippen LogP) is 1.92. The maximum absolute atomic E-state index is 8.72. The molecule has 0 N–H and O–H groups in total. The number of nitrogens with zero attached hydrogens (tertiary/aromatic N) is 3. The molecule has 1 saturated heterocycles. The van der Waals surface area contributed by atoms with Crippen molar-refractivity contribution in [1.82, 2.24) is 9.80 Å². The lowest BCUT2D eigenvalue weighted by molar-refractivity contribution is 0.137. The van der Waals surface area contributed by atoms with Gasteiger partial charge in [0, 0.05) is 49.7 Å². The molecule has 0 saturated carbocycles. The van der Waals surface area contributed by atoms with E-state index in [4.69, 9.17) is 21.6 Å². The van der Waals surface area contributed by atoms with Crippen LogP contribution in [0.2, 0.25) is 5.02 Å². The number of halogens is 1. The number of hydrogen-bond donors (Lipinski definition) is 0. The van der Waals surface area contributed by atoms with Gasteiger partial charge in [-0.1, -0.05) is 11.6 Å². The van der Waals surface area contributed by atoms with Gasteiger partial charge in [-0.3, -0.25) is 9.80 Å². The molecule has 3 rings (SSSR count). The molecular weight excluding hydrogens is 274 g/mol. The normalized spacial score (nSPS) is 19.4. The Morgan fingerprint density at radius 2 is 1.95 bits per heavy atom. The first-order valence-electron chi connectivity index (χ1n) is 7.02. The molecule has 1 aromatic rings.